The lowest BCUT2D eigenvalue weighted by molar-refractivity contribution is -0.116. The van der Waals surface area contributed by atoms with Crippen LogP contribution in [0.25, 0.3) is 16.7 Å². The van der Waals surface area contributed by atoms with Crippen molar-refractivity contribution in [2.45, 2.75) is 46.7 Å². The molecule has 0 bridgehead atoms. The molecule has 4 rings (SSSR count). The van der Waals surface area contributed by atoms with Crippen LogP contribution in [0.5, 0.6) is 0 Å². The van der Waals surface area contributed by atoms with Crippen molar-refractivity contribution in [3.8, 4) is 5.69 Å². The van der Waals surface area contributed by atoms with Gasteiger partial charge in [0.05, 0.1) is 28.1 Å². The Balaban J connectivity index is 1.55. The third-order valence-electron chi connectivity index (χ3n) is 5.35. The summed E-state index contributed by atoms with van der Waals surface area (Å²) in [6.45, 7) is 6.96. The van der Waals surface area contributed by atoms with Crippen LogP contribution < -0.4 is 11.0 Å². The first kappa shape index (κ1) is 20.7. The fourth-order valence-corrected chi connectivity index (χ4v) is 3.99. The summed E-state index contributed by atoms with van der Waals surface area (Å²) in [7, 11) is 0. The maximum Gasteiger partial charge on any atom is 0.329 e. The van der Waals surface area contributed by atoms with Crippen LogP contribution in [0.4, 0.5) is 5.69 Å². The van der Waals surface area contributed by atoms with Crippen LogP contribution in [0.3, 0.4) is 0 Å². The predicted octanol–water partition coefficient (Wildman–Crippen LogP) is 4.04. The summed E-state index contributed by atoms with van der Waals surface area (Å²) in [6, 6.07) is 17.3. The Morgan fingerprint density at radius 2 is 1.61 bits per heavy atom. The van der Waals surface area contributed by atoms with Gasteiger partial charge in [-0.2, -0.15) is 5.10 Å². The number of amides is 1. The molecule has 7 nitrogen and oxygen atoms in total. The second-order valence-corrected chi connectivity index (χ2v) is 7.73. The van der Waals surface area contributed by atoms with Crippen LogP contribution in [0.2, 0.25) is 0 Å². The molecule has 0 aliphatic carbocycles. The molecule has 0 fully saturated rings. The third-order valence-corrected chi connectivity index (χ3v) is 5.35. The Labute approximate surface area is 180 Å². The van der Waals surface area contributed by atoms with Crippen molar-refractivity contribution in [3.05, 3.63) is 76.5 Å². The van der Waals surface area contributed by atoms with E-state index in [1.165, 1.54) is 0 Å². The average Bonchev–Trinajstić information content (AvgIpc) is 3.23. The molecule has 2 heterocycles. The van der Waals surface area contributed by atoms with Gasteiger partial charge in [-0.3, -0.25) is 13.9 Å². The number of para-hydroxylation sites is 4. The fraction of sp³-hybridized carbons (Fsp3) is 0.292. The van der Waals surface area contributed by atoms with Crippen molar-refractivity contribution in [2.24, 2.45) is 0 Å². The molecule has 0 aliphatic heterocycles. The van der Waals surface area contributed by atoms with Crippen molar-refractivity contribution in [1.82, 2.24) is 18.9 Å². The highest BCUT2D eigenvalue weighted by Crippen LogP contribution is 2.22. The number of aryl methyl sites for hydroxylation is 4. The van der Waals surface area contributed by atoms with E-state index in [4.69, 9.17) is 0 Å². The molecular formula is C24H27N5O2. The van der Waals surface area contributed by atoms with E-state index in [1.54, 1.807) is 9.13 Å². The number of hydrogen-bond donors (Lipinski definition) is 1. The number of benzene rings is 2. The van der Waals surface area contributed by atoms with Gasteiger partial charge in [-0.1, -0.05) is 31.2 Å². The molecule has 0 spiro atoms. The smallest absolute Gasteiger partial charge is 0.324 e. The van der Waals surface area contributed by atoms with Crippen LogP contribution in [0.1, 0.15) is 31.2 Å². The molecule has 0 saturated heterocycles. The summed E-state index contributed by atoms with van der Waals surface area (Å²) < 4.78 is 5.30. The van der Waals surface area contributed by atoms with Crippen LogP contribution in [0.15, 0.2) is 59.4 Å². The molecule has 2 aromatic heterocycles. The summed E-state index contributed by atoms with van der Waals surface area (Å²) in [4.78, 5) is 25.7. The van der Waals surface area contributed by atoms with Crippen molar-refractivity contribution < 1.29 is 4.79 Å². The Morgan fingerprint density at radius 1 is 0.968 bits per heavy atom. The topological polar surface area (TPSA) is 73.8 Å². The first-order valence-electron chi connectivity index (χ1n) is 10.6. The Kier molecular flexibility index (Phi) is 5.75. The van der Waals surface area contributed by atoms with Crippen LogP contribution >= 0.6 is 0 Å². The zero-order valence-electron chi connectivity index (χ0n) is 18.1. The number of nitrogens with one attached hydrogen (secondary N) is 1. The summed E-state index contributed by atoms with van der Waals surface area (Å²) in [5, 5.41) is 7.52. The highest BCUT2D eigenvalue weighted by atomic mass is 16.2. The van der Waals surface area contributed by atoms with E-state index < -0.39 is 0 Å². The van der Waals surface area contributed by atoms with Crippen LogP contribution in [0, 0.1) is 13.8 Å². The second-order valence-electron chi connectivity index (χ2n) is 7.73. The maximum atomic E-state index is 12.9. The number of aromatic nitrogens is 4. The van der Waals surface area contributed by atoms with Crippen LogP contribution in [-0.2, 0) is 17.9 Å². The first-order chi connectivity index (χ1) is 15.0. The predicted molar refractivity (Wildman–Crippen MR) is 123 cm³/mol. The molecule has 0 atom stereocenters. The number of carbonyl (C=O) groups is 1. The Bertz CT molecular complexity index is 1300. The molecule has 0 unspecified atom stereocenters. The highest BCUT2D eigenvalue weighted by molar-refractivity contribution is 5.92. The number of anilines is 1. The quantitative estimate of drug-likeness (QED) is 0.493. The molecule has 31 heavy (non-hydrogen) atoms. The first-order valence-corrected chi connectivity index (χ1v) is 10.6. The summed E-state index contributed by atoms with van der Waals surface area (Å²) in [5.74, 6) is -0.145. The zero-order valence-corrected chi connectivity index (χ0v) is 18.1. The number of imidazole rings is 1. The molecule has 0 aliphatic rings. The minimum Gasteiger partial charge on any atom is -0.324 e. The number of nitrogens with zero attached hydrogens (tertiary/aromatic N) is 4. The minimum absolute atomic E-state index is 0.0705. The number of carbonyl (C=O) groups excluding carboxylic acids is 1. The molecule has 2 aromatic carbocycles. The molecule has 7 heteroatoms. The van der Waals surface area contributed by atoms with Gasteiger partial charge in [0.15, 0.2) is 0 Å². The third kappa shape index (κ3) is 4.03. The van der Waals surface area contributed by atoms with E-state index in [0.717, 1.165) is 34.5 Å². The molecule has 1 amide bonds. The molecular weight excluding hydrogens is 390 g/mol. The lowest BCUT2D eigenvalue weighted by Gasteiger charge is -2.12. The summed E-state index contributed by atoms with van der Waals surface area (Å²) in [6.07, 6.45) is 1.07. The number of rotatable bonds is 7. The second kappa shape index (κ2) is 8.63. The monoisotopic (exact) mass is 417 g/mol. The van der Waals surface area contributed by atoms with E-state index in [9.17, 15) is 9.59 Å². The van der Waals surface area contributed by atoms with Gasteiger partial charge < -0.3 is 5.32 Å². The van der Waals surface area contributed by atoms with Gasteiger partial charge in [0.1, 0.15) is 0 Å². The lowest BCUT2D eigenvalue weighted by Crippen LogP contribution is -2.26. The van der Waals surface area contributed by atoms with Crippen molar-refractivity contribution >= 4 is 22.6 Å². The number of hydrogen-bond acceptors (Lipinski definition) is 3. The van der Waals surface area contributed by atoms with Gasteiger partial charge in [0, 0.05) is 25.2 Å². The maximum absolute atomic E-state index is 12.9. The zero-order chi connectivity index (χ0) is 22.0. The van der Waals surface area contributed by atoms with Crippen molar-refractivity contribution in [3.63, 3.8) is 0 Å². The summed E-state index contributed by atoms with van der Waals surface area (Å²) in [5.41, 5.74) is 5.12. The molecule has 0 radical (unpaired) electrons. The molecule has 160 valence electrons. The van der Waals surface area contributed by atoms with Crippen molar-refractivity contribution in [2.75, 3.05) is 5.32 Å². The van der Waals surface area contributed by atoms with Gasteiger partial charge in [-0.05, 0) is 50.6 Å². The Hall–Kier alpha value is -3.61. The van der Waals surface area contributed by atoms with Gasteiger partial charge >= 0.3 is 5.69 Å². The molecule has 1 N–H and O–H groups in total. The highest BCUT2D eigenvalue weighted by Gasteiger charge is 2.15. The van der Waals surface area contributed by atoms with Gasteiger partial charge in [0.25, 0.3) is 0 Å². The molecule has 4 aromatic rings. The van der Waals surface area contributed by atoms with E-state index >= 15 is 0 Å². The largest absolute Gasteiger partial charge is 0.329 e. The SMILES string of the molecule is CCCn1c(=O)n(CCC(=O)Nc2ccccc2-n2nc(C)cc2C)c2ccccc21. The van der Waals surface area contributed by atoms with E-state index in [0.29, 0.717) is 18.8 Å². The average molecular weight is 418 g/mol. The fourth-order valence-electron chi connectivity index (χ4n) is 3.99. The van der Waals surface area contributed by atoms with E-state index in [1.807, 2.05) is 80.1 Å². The lowest BCUT2D eigenvalue weighted by atomic mass is 10.2. The standard InChI is InChI=1S/C24H27N5O2/c1-4-14-27-21-11-7-8-12-22(21)28(24(27)31)15-13-23(30)25-19-9-5-6-10-20(19)29-18(3)16-17(2)26-29/h5-12,16H,4,13-15H2,1-3H3,(H,25,30). The van der Waals surface area contributed by atoms with Crippen molar-refractivity contribution in [1.29, 1.82) is 0 Å². The van der Waals surface area contributed by atoms with E-state index in [-0.39, 0.29) is 18.0 Å². The normalized spacial score (nSPS) is 11.2. The Morgan fingerprint density at radius 3 is 2.26 bits per heavy atom. The van der Waals surface area contributed by atoms with Crippen LogP contribution in [-0.4, -0.2) is 24.8 Å². The number of fused-ring (bicyclic) bond motifs is 1. The molecule has 0 saturated carbocycles. The van der Waals surface area contributed by atoms with Gasteiger partial charge in [-0.15, -0.1) is 0 Å². The minimum atomic E-state index is -0.145. The van der Waals surface area contributed by atoms with E-state index in [2.05, 4.69) is 10.4 Å². The van der Waals surface area contributed by atoms with Gasteiger partial charge in [-0.25, -0.2) is 9.48 Å². The van der Waals surface area contributed by atoms with Gasteiger partial charge in [0.2, 0.25) is 5.91 Å². The summed E-state index contributed by atoms with van der Waals surface area (Å²) >= 11 is 0.